The summed E-state index contributed by atoms with van der Waals surface area (Å²) in [5, 5.41) is 2.91. The van der Waals surface area contributed by atoms with Crippen LogP contribution in [0.15, 0.2) is 24.3 Å². The fourth-order valence-corrected chi connectivity index (χ4v) is 1.36. The number of hydrogen-bond donors (Lipinski definition) is 1. The standard InChI is InChI=1S/C14H21NO/c1-5-6-11-7-9-12(10-8-11)15-13(16)14(2,3)4/h7-10H,5-6H2,1-4H3,(H,15,16). The van der Waals surface area contributed by atoms with E-state index in [-0.39, 0.29) is 11.3 Å². The van der Waals surface area contributed by atoms with Gasteiger partial charge in [-0.05, 0) is 24.1 Å². The van der Waals surface area contributed by atoms with Crippen LogP contribution in [0, 0.1) is 5.41 Å². The zero-order chi connectivity index (χ0) is 12.2. The molecule has 1 aromatic rings. The Balaban J connectivity index is 2.65. The van der Waals surface area contributed by atoms with Gasteiger partial charge < -0.3 is 5.32 Å². The molecule has 0 bridgehead atoms. The first-order valence-electron chi connectivity index (χ1n) is 5.84. The van der Waals surface area contributed by atoms with Gasteiger partial charge in [0.05, 0.1) is 0 Å². The van der Waals surface area contributed by atoms with Gasteiger partial charge in [-0.25, -0.2) is 0 Å². The predicted octanol–water partition coefficient (Wildman–Crippen LogP) is 3.62. The fourth-order valence-electron chi connectivity index (χ4n) is 1.36. The Hall–Kier alpha value is -1.31. The molecule has 0 spiro atoms. The van der Waals surface area contributed by atoms with Crippen molar-refractivity contribution in [3.05, 3.63) is 29.8 Å². The average molecular weight is 219 g/mol. The van der Waals surface area contributed by atoms with E-state index in [9.17, 15) is 4.79 Å². The third kappa shape index (κ3) is 3.69. The van der Waals surface area contributed by atoms with Crippen molar-refractivity contribution in [3.63, 3.8) is 0 Å². The van der Waals surface area contributed by atoms with Crippen LogP contribution in [0.3, 0.4) is 0 Å². The molecule has 0 atom stereocenters. The molecule has 0 fully saturated rings. The zero-order valence-corrected chi connectivity index (χ0v) is 10.6. The number of hydrogen-bond acceptors (Lipinski definition) is 1. The summed E-state index contributed by atoms with van der Waals surface area (Å²) in [6, 6.07) is 8.08. The van der Waals surface area contributed by atoms with Gasteiger partial charge in [0.2, 0.25) is 5.91 Å². The Kier molecular flexibility index (Phi) is 4.11. The van der Waals surface area contributed by atoms with Gasteiger partial charge in [-0.3, -0.25) is 4.79 Å². The summed E-state index contributed by atoms with van der Waals surface area (Å²) < 4.78 is 0. The fraction of sp³-hybridized carbons (Fsp3) is 0.500. The van der Waals surface area contributed by atoms with Crippen LogP contribution >= 0.6 is 0 Å². The molecule has 88 valence electrons. The van der Waals surface area contributed by atoms with E-state index in [2.05, 4.69) is 24.4 Å². The topological polar surface area (TPSA) is 29.1 Å². The van der Waals surface area contributed by atoms with Crippen molar-refractivity contribution in [3.8, 4) is 0 Å². The lowest BCUT2D eigenvalue weighted by Crippen LogP contribution is -2.27. The lowest BCUT2D eigenvalue weighted by atomic mass is 9.95. The molecule has 0 heterocycles. The molecule has 0 unspecified atom stereocenters. The van der Waals surface area contributed by atoms with E-state index in [0.717, 1.165) is 18.5 Å². The van der Waals surface area contributed by atoms with Gasteiger partial charge >= 0.3 is 0 Å². The highest BCUT2D eigenvalue weighted by atomic mass is 16.2. The molecule has 2 nitrogen and oxygen atoms in total. The van der Waals surface area contributed by atoms with E-state index in [1.165, 1.54) is 5.56 Å². The number of carbonyl (C=O) groups is 1. The van der Waals surface area contributed by atoms with E-state index in [1.807, 2.05) is 32.9 Å². The molecule has 0 radical (unpaired) electrons. The molecule has 1 N–H and O–H groups in total. The minimum atomic E-state index is -0.345. The summed E-state index contributed by atoms with van der Waals surface area (Å²) >= 11 is 0. The Bertz CT molecular complexity index is 346. The van der Waals surface area contributed by atoms with E-state index in [1.54, 1.807) is 0 Å². The van der Waals surface area contributed by atoms with Crippen molar-refractivity contribution in [1.82, 2.24) is 0 Å². The summed E-state index contributed by atoms with van der Waals surface area (Å²) in [7, 11) is 0. The smallest absolute Gasteiger partial charge is 0.229 e. The lowest BCUT2D eigenvalue weighted by molar-refractivity contribution is -0.123. The Morgan fingerprint density at radius 1 is 1.19 bits per heavy atom. The van der Waals surface area contributed by atoms with Gasteiger partial charge in [0.1, 0.15) is 0 Å². The van der Waals surface area contributed by atoms with E-state index in [0.29, 0.717) is 0 Å². The van der Waals surface area contributed by atoms with Crippen molar-refractivity contribution >= 4 is 11.6 Å². The number of amides is 1. The van der Waals surface area contributed by atoms with Gasteiger partial charge in [-0.15, -0.1) is 0 Å². The Labute approximate surface area is 98.1 Å². The number of aryl methyl sites for hydroxylation is 1. The molecule has 0 aromatic heterocycles. The second-order valence-electron chi connectivity index (χ2n) is 5.15. The molecular formula is C14H21NO. The van der Waals surface area contributed by atoms with Crippen LogP contribution in [0.5, 0.6) is 0 Å². The molecule has 1 rings (SSSR count). The number of carbonyl (C=O) groups excluding carboxylic acids is 1. The number of benzene rings is 1. The third-order valence-electron chi connectivity index (χ3n) is 2.43. The monoisotopic (exact) mass is 219 g/mol. The van der Waals surface area contributed by atoms with Crippen LogP contribution in [-0.2, 0) is 11.2 Å². The van der Waals surface area contributed by atoms with Crippen molar-refractivity contribution in [2.45, 2.75) is 40.5 Å². The summed E-state index contributed by atoms with van der Waals surface area (Å²) in [5.41, 5.74) is 1.85. The Morgan fingerprint density at radius 2 is 1.75 bits per heavy atom. The highest BCUT2D eigenvalue weighted by Crippen LogP contribution is 2.17. The number of nitrogens with one attached hydrogen (secondary N) is 1. The molecule has 0 aliphatic heterocycles. The maximum Gasteiger partial charge on any atom is 0.229 e. The van der Waals surface area contributed by atoms with E-state index in [4.69, 9.17) is 0 Å². The first-order chi connectivity index (χ1) is 7.43. The molecule has 0 saturated carbocycles. The second kappa shape index (κ2) is 5.15. The van der Waals surface area contributed by atoms with Crippen LogP contribution in [0.4, 0.5) is 5.69 Å². The third-order valence-corrected chi connectivity index (χ3v) is 2.43. The maximum atomic E-state index is 11.7. The molecule has 1 amide bonds. The molecule has 16 heavy (non-hydrogen) atoms. The average Bonchev–Trinajstić information content (AvgIpc) is 2.20. The Morgan fingerprint density at radius 3 is 2.19 bits per heavy atom. The largest absolute Gasteiger partial charge is 0.326 e. The first-order valence-corrected chi connectivity index (χ1v) is 5.84. The van der Waals surface area contributed by atoms with E-state index < -0.39 is 0 Å². The van der Waals surface area contributed by atoms with E-state index >= 15 is 0 Å². The SMILES string of the molecule is CCCc1ccc(NC(=O)C(C)(C)C)cc1. The predicted molar refractivity (Wildman–Crippen MR) is 68.5 cm³/mol. The molecule has 0 saturated heterocycles. The molecule has 0 aliphatic carbocycles. The number of rotatable bonds is 3. The minimum Gasteiger partial charge on any atom is -0.326 e. The van der Waals surface area contributed by atoms with Crippen molar-refractivity contribution in [2.24, 2.45) is 5.41 Å². The summed E-state index contributed by atoms with van der Waals surface area (Å²) in [5.74, 6) is 0.0516. The van der Waals surface area contributed by atoms with Crippen LogP contribution < -0.4 is 5.32 Å². The van der Waals surface area contributed by atoms with Gasteiger partial charge in [-0.1, -0.05) is 46.2 Å². The first kappa shape index (κ1) is 12.8. The van der Waals surface area contributed by atoms with Gasteiger partial charge in [-0.2, -0.15) is 0 Å². The summed E-state index contributed by atoms with van der Waals surface area (Å²) in [4.78, 5) is 11.7. The number of anilines is 1. The molecule has 2 heteroatoms. The van der Waals surface area contributed by atoms with Gasteiger partial charge in [0.25, 0.3) is 0 Å². The van der Waals surface area contributed by atoms with Crippen LogP contribution in [0.1, 0.15) is 39.7 Å². The van der Waals surface area contributed by atoms with Crippen LogP contribution in [-0.4, -0.2) is 5.91 Å². The molecular weight excluding hydrogens is 198 g/mol. The summed E-state index contributed by atoms with van der Waals surface area (Å²) in [6.45, 7) is 7.89. The zero-order valence-electron chi connectivity index (χ0n) is 10.6. The lowest BCUT2D eigenvalue weighted by Gasteiger charge is -2.17. The van der Waals surface area contributed by atoms with Gasteiger partial charge in [0, 0.05) is 11.1 Å². The van der Waals surface area contributed by atoms with Crippen LogP contribution in [0.25, 0.3) is 0 Å². The maximum absolute atomic E-state index is 11.7. The molecule has 0 aliphatic rings. The molecule has 1 aromatic carbocycles. The van der Waals surface area contributed by atoms with Crippen LogP contribution in [0.2, 0.25) is 0 Å². The minimum absolute atomic E-state index is 0.0516. The normalized spacial score (nSPS) is 11.2. The van der Waals surface area contributed by atoms with Crippen molar-refractivity contribution in [1.29, 1.82) is 0 Å². The highest BCUT2D eigenvalue weighted by molar-refractivity contribution is 5.94. The quantitative estimate of drug-likeness (QED) is 0.826. The highest BCUT2D eigenvalue weighted by Gasteiger charge is 2.20. The summed E-state index contributed by atoms with van der Waals surface area (Å²) in [6.07, 6.45) is 2.24. The van der Waals surface area contributed by atoms with Crippen molar-refractivity contribution in [2.75, 3.05) is 5.32 Å². The van der Waals surface area contributed by atoms with Crippen molar-refractivity contribution < 1.29 is 4.79 Å². The van der Waals surface area contributed by atoms with Gasteiger partial charge in [0.15, 0.2) is 0 Å². The second-order valence-corrected chi connectivity index (χ2v) is 5.15.